The van der Waals surface area contributed by atoms with Gasteiger partial charge >= 0.3 is 5.97 Å². The third-order valence-corrected chi connectivity index (χ3v) is 3.97. The van der Waals surface area contributed by atoms with Gasteiger partial charge in [-0.25, -0.2) is 4.79 Å². The van der Waals surface area contributed by atoms with Crippen LogP contribution in [0.4, 0.5) is 0 Å². The van der Waals surface area contributed by atoms with Crippen molar-refractivity contribution < 1.29 is 14.7 Å². The Bertz CT molecular complexity index is 703. The van der Waals surface area contributed by atoms with Crippen LogP contribution in [0, 0.1) is 12.8 Å². The first-order chi connectivity index (χ1) is 10.9. The highest BCUT2D eigenvalue weighted by atomic mass is 16.4. The lowest BCUT2D eigenvalue weighted by atomic mass is 10.0. The number of aryl methyl sites for hydroxylation is 2. The maximum atomic E-state index is 12.1. The van der Waals surface area contributed by atoms with Crippen molar-refractivity contribution in [3.05, 3.63) is 35.5 Å². The van der Waals surface area contributed by atoms with Crippen LogP contribution in [-0.2, 0) is 16.0 Å². The van der Waals surface area contributed by atoms with Gasteiger partial charge in [-0.05, 0) is 36.8 Å². The fourth-order valence-corrected chi connectivity index (χ4v) is 2.78. The molecule has 124 valence electrons. The lowest BCUT2D eigenvalue weighted by Crippen LogP contribution is -2.41. The smallest absolute Gasteiger partial charge is 0.326 e. The van der Waals surface area contributed by atoms with Crippen LogP contribution in [0.1, 0.15) is 37.8 Å². The second kappa shape index (κ2) is 7.31. The molecule has 0 saturated heterocycles. The minimum absolute atomic E-state index is 0.216. The molecular formula is C18H24N2O3. The first-order valence-electron chi connectivity index (χ1n) is 7.96. The van der Waals surface area contributed by atoms with E-state index >= 15 is 0 Å². The molecule has 3 N–H and O–H groups in total. The lowest BCUT2D eigenvalue weighted by Gasteiger charge is -2.16. The molecule has 0 saturated carbocycles. The van der Waals surface area contributed by atoms with E-state index in [0.717, 1.165) is 16.5 Å². The molecule has 0 fully saturated rings. The van der Waals surface area contributed by atoms with Gasteiger partial charge in [-0.1, -0.05) is 32.0 Å². The van der Waals surface area contributed by atoms with Crippen molar-refractivity contribution in [2.75, 3.05) is 0 Å². The molecule has 0 aliphatic heterocycles. The van der Waals surface area contributed by atoms with Crippen LogP contribution < -0.4 is 5.32 Å². The number of nitrogens with one attached hydrogen (secondary N) is 2. The van der Waals surface area contributed by atoms with E-state index in [-0.39, 0.29) is 18.2 Å². The minimum Gasteiger partial charge on any atom is -0.480 e. The molecule has 23 heavy (non-hydrogen) atoms. The number of hydrogen-bond donors (Lipinski definition) is 3. The molecule has 5 nitrogen and oxygen atoms in total. The maximum absolute atomic E-state index is 12.1. The summed E-state index contributed by atoms with van der Waals surface area (Å²) >= 11 is 0. The third-order valence-electron chi connectivity index (χ3n) is 3.97. The van der Waals surface area contributed by atoms with E-state index in [0.29, 0.717) is 12.8 Å². The second-order valence-corrected chi connectivity index (χ2v) is 6.40. The molecule has 2 aromatic rings. The van der Waals surface area contributed by atoms with Gasteiger partial charge in [0, 0.05) is 23.5 Å². The zero-order chi connectivity index (χ0) is 17.0. The van der Waals surface area contributed by atoms with E-state index in [9.17, 15) is 14.7 Å². The molecule has 0 aliphatic carbocycles. The number of aromatic nitrogens is 1. The number of carboxylic acids is 1. The number of hydrogen-bond acceptors (Lipinski definition) is 2. The Morgan fingerprint density at radius 2 is 2.04 bits per heavy atom. The first-order valence-corrected chi connectivity index (χ1v) is 7.96. The van der Waals surface area contributed by atoms with Crippen molar-refractivity contribution in [2.45, 2.75) is 46.1 Å². The molecule has 1 atom stereocenters. The van der Waals surface area contributed by atoms with Crippen molar-refractivity contribution in [1.82, 2.24) is 10.3 Å². The number of carbonyl (C=O) groups is 2. The summed E-state index contributed by atoms with van der Waals surface area (Å²) < 4.78 is 0. The molecule has 0 bridgehead atoms. The number of fused-ring (bicyclic) bond motifs is 1. The number of aliphatic carboxylic acids is 1. The Balaban J connectivity index is 1.98. The number of H-pyrrole nitrogens is 1. The van der Waals surface area contributed by atoms with E-state index in [4.69, 9.17) is 0 Å². The summed E-state index contributed by atoms with van der Waals surface area (Å²) in [5.41, 5.74) is 3.33. The van der Waals surface area contributed by atoms with Crippen LogP contribution in [0.3, 0.4) is 0 Å². The number of amides is 1. The summed E-state index contributed by atoms with van der Waals surface area (Å²) in [7, 11) is 0. The summed E-state index contributed by atoms with van der Waals surface area (Å²) in [6.07, 6.45) is 3.23. The van der Waals surface area contributed by atoms with Gasteiger partial charge in [0.2, 0.25) is 5.91 Å². The molecule has 2 rings (SSSR count). The number of aromatic amines is 1. The predicted octanol–water partition coefficient (Wildman–Crippen LogP) is 3.02. The standard InChI is InChI=1S/C18H24N2O3/c1-11(2)9-15(18(22)23)20-16(21)8-7-13-10-19-17-12(3)5-4-6-14(13)17/h4-6,10-11,15,19H,7-9H2,1-3H3,(H,20,21)(H,22,23)/t15-/m1/s1. The van der Waals surface area contributed by atoms with Gasteiger partial charge in [0.25, 0.3) is 0 Å². The van der Waals surface area contributed by atoms with Crippen LogP contribution in [-0.4, -0.2) is 28.0 Å². The second-order valence-electron chi connectivity index (χ2n) is 6.40. The van der Waals surface area contributed by atoms with Crippen molar-refractivity contribution in [3.63, 3.8) is 0 Å². The molecule has 0 radical (unpaired) electrons. The zero-order valence-electron chi connectivity index (χ0n) is 13.8. The molecule has 0 spiro atoms. The normalized spacial score (nSPS) is 12.5. The van der Waals surface area contributed by atoms with Crippen molar-refractivity contribution >= 4 is 22.8 Å². The molecular weight excluding hydrogens is 292 g/mol. The Hall–Kier alpha value is -2.30. The average Bonchev–Trinajstić information content (AvgIpc) is 2.88. The quantitative estimate of drug-likeness (QED) is 0.734. The Labute approximate surface area is 136 Å². The molecule has 1 amide bonds. The largest absolute Gasteiger partial charge is 0.480 e. The first kappa shape index (κ1) is 17.1. The topological polar surface area (TPSA) is 82.2 Å². The molecule has 0 aliphatic rings. The summed E-state index contributed by atoms with van der Waals surface area (Å²) in [6.45, 7) is 5.92. The van der Waals surface area contributed by atoms with Crippen LogP contribution >= 0.6 is 0 Å². The minimum atomic E-state index is -0.977. The van der Waals surface area contributed by atoms with Gasteiger partial charge in [-0.2, -0.15) is 0 Å². The predicted molar refractivity (Wildman–Crippen MR) is 90.4 cm³/mol. The molecule has 5 heteroatoms. The monoisotopic (exact) mass is 316 g/mol. The summed E-state index contributed by atoms with van der Waals surface area (Å²) in [4.78, 5) is 26.5. The average molecular weight is 316 g/mol. The Morgan fingerprint density at radius 1 is 1.30 bits per heavy atom. The maximum Gasteiger partial charge on any atom is 0.326 e. The van der Waals surface area contributed by atoms with E-state index in [2.05, 4.69) is 10.3 Å². The molecule has 0 unspecified atom stereocenters. The van der Waals surface area contributed by atoms with Gasteiger partial charge < -0.3 is 15.4 Å². The zero-order valence-corrected chi connectivity index (χ0v) is 13.8. The number of carbonyl (C=O) groups excluding carboxylic acids is 1. The Kier molecular flexibility index (Phi) is 5.42. The highest BCUT2D eigenvalue weighted by Gasteiger charge is 2.21. The van der Waals surface area contributed by atoms with E-state index in [1.165, 1.54) is 5.56 Å². The molecule has 1 aromatic carbocycles. The van der Waals surface area contributed by atoms with Crippen LogP contribution in [0.5, 0.6) is 0 Å². The molecule has 1 heterocycles. The van der Waals surface area contributed by atoms with Gasteiger partial charge in [-0.15, -0.1) is 0 Å². The van der Waals surface area contributed by atoms with Gasteiger partial charge in [-0.3, -0.25) is 4.79 Å². The van der Waals surface area contributed by atoms with Crippen LogP contribution in [0.25, 0.3) is 10.9 Å². The number of para-hydroxylation sites is 1. The van der Waals surface area contributed by atoms with E-state index < -0.39 is 12.0 Å². The number of carboxylic acid groups (broad SMARTS) is 1. The van der Waals surface area contributed by atoms with Gasteiger partial charge in [0.15, 0.2) is 0 Å². The molecule has 1 aromatic heterocycles. The van der Waals surface area contributed by atoms with Crippen LogP contribution in [0.2, 0.25) is 0 Å². The van der Waals surface area contributed by atoms with Crippen LogP contribution in [0.15, 0.2) is 24.4 Å². The van der Waals surface area contributed by atoms with Gasteiger partial charge in [0.05, 0.1) is 0 Å². The summed E-state index contributed by atoms with van der Waals surface area (Å²) in [5.74, 6) is -0.984. The lowest BCUT2D eigenvalue weighted by molar-refractivity contribution is -0.142. The highest BCUT2D eigenvalue weighted by Crippen LogP contribution is 2.22. The number of rotatable bonds is 7. The Morgan fingerprint density at radius 3 is 2.70 bits per heavy atom. The van der Waals surface area contributed by atoms with E-state index in [1.807, 2.05) is 45.2 Å². The highest BCUT2D eigenvalue weighted by molar-refractivity contribution is 5.87. The fourth-order valence-electron chi connectivity index (χ4n) is 2.78. The van der Waals surface area contributed by atoms with Gasteiger partial charge in [0.1, 0.15) is 6.04 Å². The summed E-state index contributed by atoms with van der Waals surface area (Å²) in [6, 6.07) is 5.26. The van der Waals surface area contributed by atoms with Crippen molar-refractivity contribution in [1.29, 1.82) is 0 Å². The van der Waals surface area contributed by atoms with E-state index in [1.54, 1.807) is 0 Å². The van der Waals surface area contributed by atoms with Crippen molar-refractivity contribution in [3.8, 4) is 0 Å². The SMILES string of the molecule is Cc1cccc2c(CCC(=O)N[C@H](CC(C)C)C(=O)O)c[nH]c12. The fraction of sp³-hybridized carbons (Fsp3) is 0.444. The third kappa shape index (κ3) is 4.34. The summed E-state index contributed by atoms with van der Waals surface area (Å²) in [5, 5.41) is 12.9. The van der Waals surface area contributed by atoms with Crippen molar-refractivity contribution in [2.24, 2.45) is 5.92 Å². The number of benzene rings is 1.